The Labute approximate surface area is 93.0 Å². The van der Waals surface area contributed by atoms with Crippen molar-refractivity contribution in [3.05, 3.63) is 21.3 Å². The average Bonchev–Trinajstić information content (AvgIpc) is 2.64. The minimum atomic E-state index is 0.126. The van der Waals surface area contributed by atoms with Crippen molar-refractivity contribution in [2.75, 3.05) is 13.2 Å². The SMILES string of the molecule is NCC1CCCOC1c1sccc1Cl. The van der Waals surface area contributed by atoms with Crippen molar-refractivity contribution < 1.29 is 4.74 Å². The highest BCUT2D eigenvalue weighted by molar-refractivity contribution is 7.10. The maximum absolute atomic E-state index is 6.09. The Bertz CT molecular complexity index is 302. The highest BCUT2D eigenvalue weighted by Crippen LogP contribution is 2.39. The largest absolute Gasteiger partial charge is 0.372 e. The normalized spacial score (nSPS) is 27.9. The first kappa shape index (κ1) is 10.4. The zero-order valence-electron chi connectivity index (χ0n) is 7.91. The number of ether oxygens (including phenoxy) is 1. The molecule has 2 rings (SSSR count). The zero-order valence-corrected chi connectivity index (χ0v) is 9.48. The summed E-state index contributed by atoms with van der Waals surface area (Å²) in [6.45, 7) is 1.51. The molecule has 2 atom stereocenters. The van der Waals surface area contributed by atoms with Crippen LogP contribution in [0.3, 0.4) is 0 Å². The maximum atomic E-state index is 6.09. The Hall–Kier alpha value is -0.0900. The number of halogens is 1. The third-order valence-corrected chi connectivity index (χ3v) is 4.07. The summed E-state index contributed by atoms with van der Waals surface area (Å²) >= 11 is 7.75. The van der Waals surface area contributed by atoms with E-state index in [-0.39, 0.29) is 6.10 Å². The van der Waals surface area contributed by atoms with Gasteiger partial charge in [-0.1, -0.05) is 11.6 Å². The molecule has 0 bridgehead atoms. The molecule has 0 spiro atoms. The molecular formula is C10H14ClNOS. The van der Waals surface area contributed by atoms with E-state index in [1.54, 1.807) is 11.3 Å². The second-order valence-electron chi connectivity index (χ2n) is 3.56. The molecule has 1 fully saturated rings. The van der Waals surface area contributed by atoms with Gasteiger partial charge in [-0.05, 0) is 30.8 Å². The topological polar surface area (TPSA) is 35.2 Å². The standard InChI is InChI=1S/C10H14ClNOS/c11-8-3-5-14-10(8)9-7(6-12)2-1-4-13-9/h3,5,7,9H,1-2,4,6,12H2. The Kier molecular flexibility index (Phi) is 3.44. The van der Waals surface area contributed by atoms with E-state index in [9.17, 15) is 0 Å². The molecule has 1 aliphatic heterocycles. The fourth-order valence-corrected chi connectivity index (χ4v) is 3.19. The van der Waals surface area contributed by atoms with Crippen LogP contribution in [0, 0.1) is 5.92 Å². The van der Waals surface area contributed by atoms with Crippen LogP contribution in [0.25, 0.3) is 0 Å². The smallest absolute Gasteiger partial charge is 0.0971 e. The van der Waals surface area contributed by atoms with Crippen molar-refractivity contribution >= 4 is 22.9 Å². The van der Waals surface area contributed by atoms with Crippen LogP contribution < -0.4 is 5.73 Å². The summed E-state index contributed by atoms with van der Waals surface area (Å²) in [7, 11) is 0. The molecule has 0 aliphatic carbocycles. The predicted octanol–water partition coefficient (Wildman–Crippen LogP) is 2.83. The van der Waals surface area contributed by atoms with Crippen molar-refractivity contribution in [3.8, 4) is 0 Å². The molecular weight excluding hydrogens is 218 g/mol. The maximum Gasteiger partial charge on any atom is 0.0971 e. The number of rotatable bonds is 2. The molecule has 1 aromatic rings. The Morgan fingerprint density at radius 3 is 3.14 bits per heavy atom. The van der Waals surface area contributed by atoms with E-state index in [0.717, 1.165) is 29.3 Å². The van der Waals surface area contributed by atoms with Crippen LogP contribution in [-0.2, 0) is 4.74 Å². The molecule has 78 valence electrons. The van der Waals surface area contributed by atoms with Gasteiger partial charge >= 0.3 is 0 Å². The predicted molar refractivity (Wildman–Crippen MR) is 59.8 cm³/mol. The number of thiophene rings is 1. The van der Waals surface area contributed by atoms with Crippen LogP contribution in [0.15, 0.2) is 11.4 Å². The highest BCUT2D eigenvalue weighted by Gasteiger charge is 2.28. The summed E-state index contributed by atoms with van der Waals surface area (Å²) in [4.78, 5) is 1.14. The lowest BCUT2D eigenvalue weighted by atomic mass is 9.93. The lowest BCUT2D eigenvalue weighted by Crippen LogP contribution is -2.28. The molecule has 1 saturated heterocycles. The zero-order chi connectivity index (χ0) is 9.97. The Balaban J connectivity index is 2.19. The molecule has 0 radical (unpaired) electrons. The number of nitrogens with two attached hydrogens (primary N) is 1. The van der Waals surface area contributed by atoms with Crippen LogP contribution in [-0.4, -0.2) is 13.2 Å². The van der Waals surface area contributed by atoms with Crippen LogP contribution in [0.1, 0.15) is 23.8 Å². The Morgan fingerprint density at radius 2 is 2.50 bits per heavy atom. The molecule has 2 heterocycles. The lowest BCUT2D eigenvalue weighted by molar-refractivity contribution is -0.0229. The molecule has 0 saturated carbocycles. The van der Waals surface area contributed by atoms with Gasteiger partial charge in [0.25, 0.3) is 0 Å². The molecule has 4 heteroatoms. The van der Waals surface area contributed by atoms with Gasteiger partial charge in [0.15, 0.2) is 0 Å². The Morgan fingerprint density at radius 1 is 1.64 bits per heavy atom. The van der Waals surface area contributed by atoms with E-state index in [0.29, 0.717) is 12.5 Å². The minimum Gasteiger partial charge on any atom is -0.372 e. The van der Waals surface area contributed by atoms with E-state index in [4.69, 9.17) is 22.1 Å². The van der Waals surface area contributed by atoms with Gasteiger partial charge < -0.3 is 10.5 Å². The second-order valence-corrected chi connectivity index (χ2v) is 4.92. The molecule has 14 heavy (non-hydrogen) atoms. The van der Waals surface area contributed by atoms with Crippen molar-refractivity contribution in [3.63, 3.8) is 0 Å². The lowest BCUT2D eigenvalue weighted by Gasteiger charge is -2.30. The van der Waals surface area contributed by atoms with E-state index >= 15 is 0 Å². The molecule has 2 unspecified atom stereocenters. The molecule has 2 nitrogen and oxygen atoms in total. The number of hydrogen-bond acceptors (Lipinski definition) is 3. The summed E-state index contributed by atoms with van der Waals surface area (Å²) in [5.41, 5.74) is 5.73. The molecule has 2 N–H and O–H groups in total. The van der Waals surface area contributed by atoms with Crippen molar-refractivity contribution in [2.24, 2.45) is 11.7 Å². The van der Waals surface area contributed by atoms with Crippen molar-refractivity contribution in [1.82, 2.24) is 0 Å². The van der Waals surface area contributed by atoms with E-state index < -0.39 is 0 Å². The third-order valence-electron chi connectivity index (χ3n) is 2.65. The quantitative estimate of drug-likeness (QED) is 0.850. The van der Waals surface area contributed by atoms with Gasteiger partial charge in [-0.3, -0.25) is 0 Å². The van der Waals surface area contributed by atoms with Gasteiger partial charge in [0.2, 0.25) is 0 Å². The fourth-order valence-electron chi connectivity index (χ4n) is 1.88. The van der Waals surface area contributed by atoms with E-state index in [1.807, 2.05) is 11.4 Å². The monoisotopic (exact) mass is 231 g/mol. The van der Waals surface area contributed by atoms with Crippen molar-refractivity contribution in [2.45, 2.75) is 18.9 Å². The first-order valence-corrected chi connectivity index (χ1v) is 6.13. The first-order valence-electron chi connectivity index (χ1n) is 4.87. The van der Waals surface area contributed by atoms with Crippen LogP contribution in [0.4, 0.5) is 0 Å². The van der Waals surface area contributed by atoms with Gasteiger partial charge in [-0.2, -0.15) is 0 Å². The van der Waals surface area contributed by atoms with Crippen molar-refractivity contribution in [1.29, 1.82) is 0 Å². The van der Waals surface area contributed by atoms with E-state index in [2.05, 4.69) is 0 Å². The number of hydrogen-bond donors (Lipinski definition) is 1. The van der Waals surface area contributed by atoms with E-state index in [1.165, 1.54) is 0 Å². The van der Waals surface area contributed by atoms with Gasteiger partial charge in [0, 0.05) is 12.5 Å². The molecule has 1 aliphatic rings. The van der Waals surface area contributed by atoms with Crippen LogP contribution >= 0.6 is 22.9 Å². The average molecular weight is 232 g/mol. The van der Waals surface area contributed by atoms with Gasteiger partial charge in [0.1, 0.15) is 0 Å². The highest BCUT2D eigenvalue weighted by atomic mass is 35.5. The summed E-state index contributed by atoms with van der Waals surface area (Å²) in [6, 6.07) is 1.92. The molecule has 1 aromatic heterocycles. The summed E-state index contributed by atoms with van der Waals surface area (Å²) < 4.78 is 5.75. The second kappa shape index (κ2) is 4.62. The molecule has 0 aromatic carbocycles. The fraction of sp³-hybridized carbons (Fsp3) is 0.600. The van der Waals surface area contributed by atoms with Crippen LogP contribution in [0.5, 0.6) is 0 Å². The molecule has 0 amide bonds. The minimum absolute atomic E-state index is 0.126. The first-order chi connectivity index (χ1) is 6.83. The van der Waals surface area contributed by atoms with Gasteiger partial charge in [-0.25, -0.2) is 0 Å². The van der Waals surface area contributed by atoms with Gasteiger partial charge in [0.05, 0.1) is 16.0 Å². The summed E-state index contributed by atoms with van der Waals surface area (Å²) in [5.74, 6) is 0.430. The third kappa shape index (κ3) is 1.96. The van der Waals surface area contributed by atoms with Crippen LogP contribution in [0.2, 0.25) is 5.02 Å². The van der Waals surface area contributed by atoms with Gasteiger partial charge in [-0.15, -0.1) is 11.3 Å². The summed E-state index contributed by atoms with van der Waals surface area (Å²) in [5, 5.41) is 2.82. The summed E-state index contributed by atoms with van der Waals surface area (Å²) in [6.07, 6.45) is 2.39.